The summed E-state index contributed by atoms with van der Waals surface area (Å²) in [4.78, 5) is 3.95. The minimum Gasteiger partial charge on any atom is -0.339 e. The van der Waals surface area contributed by atoms with E-state index in [1.807, 2.05) is 19.9 Å². The molecule has 3 rings (SSSR count). The molecule has 1 aliphatic heterocycles. The molecule has 0 spiro atoms. The summed E-state index contributed by atoms with van der Waals surface area (Å²) in [5, 5.41) is 5.20. The van der Waals surface area contributed by atoms with Crippen LogP contribution in [0.25, 0.3) is 0 Å². The van der Waals surface area contributed by atoms with Gasteiger partial charge in [0.05, 0.1) is 17.2 Å². The molecule has 2 aromatic rings. The molecule has 5 nitrogen and oxygen atoms in total. The van der Waals surface area contributed by atoms with Crippen molar-refractivity contribution in [3.63, 3.8) is 0 Å². The molecule has 21 heavy (non-hydrogen) atoms. The number of hydrogen-bond donors (Lipinski definition) is 0. The zero-order valence-electron chi connectivity index (χ0n) is 11.7. The van der Waals surface area contributed by atoms with Gasteiger partial charge >= 0.3 is 0 Å². The summed E-state index contributed by atoms with van der Waals surface area (Å²) in [5.74, 6) is -0.992. The molecule has 0 aliphatic carbocycles. The van der Waals surface area contributed by atoms with Gasteiger partial charge in [-0.1, -0.05) is 29.3 Å². The lowest BCUT2D eigenvalue weighted by Crippen LogP contribution is -2.34. The summed E-state index contributed by atoms with van der Waals surface area (Å²) in [6, 6.07) is 5.28. The van der Waals surface area contributed by atoms with Gasteiger partial charge in [0.2, 0.25) is 5.79 Å². The van der Waals surface area contributed by atoms with Crippen LogP contribution in [0.3, 0.4) is 0 Å². The molecule has 112 valence electrons. The van der Waals surface area contributed by atoms with Gasteiger partial charge in [-0.05, 0) is 26.0 Å². The lowest BCUT2D eigenvalue weighted by atomic mass is 10.1. The average Bonchev–Trinajstić information content (AvgIpc) is 2.99. The lowest BCUT2D eigenvalue weighted by molar-refractivity contribution is -0.193. The maximum absolute atomic E-state index is 6.34. The van der Waals surface area contributed by atoms with E-state index in [4.69, 9.17) is 32.7 Å². The summed E-state index contributed by atoms with van der Waals surface area (Å²) >= 11 is 12.3. The van der Waals surface area contributed by atoms with E-state index in [9.17, 15) is 0 Å². The van der Waals surface area contributed by atoms with Gasteiger partial charge in [-0.3, -0.25) is 0 Å². The normalized spacial score (nSPS) is 29.0. The lowest BCUT2D eigenvalue weighted by Gasteiger charge is -2.29. The maximum atomic E-state index is 6.34. The van der Waals surface area contributed by atoms with E-state index in [0.717, 1.165) is 5.56 Å². The fourth-order valence-corrected chi connectivity index (χ4v) is 2.99. The van der Waals surface area contributed by atoms with Crippen LogP contribution in [0.5, 0.6) is 0 Å². The van der Waals surface area contributed by atoms with Gasteiger partial charge in [0.1, 0.15) is 19.2 Å². The third-order valence-electron chi connectivity index (χ3n) is 3.59. The zero-order chi connectivity index (χ0) is 15.0. The first-order valence-corrected chi connectivity index (χ1v) is 7.39. The maximum Gasteiger partial charge on any atom is 0.217 e. The SMILES string of the molecule is C[C@@H]1O[C@](Cn2cncn2)(c2ccc(Cl)cc2Cl)O[C@@H]1C. The monoisotopic (exact) mass is 327 g/mol. The third-order valence-corrected chi connectivity index (χ3v) is 4.14. The minimum atomic E-state index is -0.992. The number of hydrogen-bond acceptors (Lipinski definition) is 4. The van der Waals surface area contributed by atoms with Crippen molar-refractivity contribution in [3.8, 4) is 0 Å². The summed E-state index contributed by atoms with van der Waals surface area (Å²) in [6.45, 7) is 4.30. The highest BCUT2D eigenvalue weighted by Gasteiger charge is 2.47. The Labute approximate surface area is 132 Å². The van der Waals surface area contributed by atoms with Crippen molar-refractivity contribution >= 4 is 23.2 Å². The summed E-state index contributed by atoms with van der Waals surface area (Å²) in [7, 11) is 0. The largest absolute Gasteiger partial charge is 0.339 e. The Morgan fingerprint density at radius 1 is 1.24 bits per heavy atom. The van der Waals surface area contributed by atoms with Crippen molar-refractivity contribution in [2.24, 2.45) is 0 Å². The van der Waals surface area contributed by atoms with Crippen molar-refractivity contribution in [2.45, 2.75) is 38.4 Å². The summed E-state index contributed by atoms with van der Waals surface area (Å²) in [6.07, 6.45) is 2.98. The van der Waals surface area contributed by atoms with Crippen molar-refractivity contribution < 1.29 is 9.47 Å². The van der Waals surface area contributed by atoms with Gasteiger partial charge in [-0.15, -0.1) is 0 Å². The molecule has 7 heteroatoms. The standard InChI is InChI=1S/C14H15Cl2N3O2/c1-9-10(2)21-14(20-9,6-19-8-17-7-18-19)12-4-3-11(15)5-13(12)16/h3-5,7-10H,6H2,1-2H3/t9-,10+,14-. The fraction of sp³-hybridized carbons (Fsp3) is 0.429. The van der Waals surface area contributed by atoms with Gasteiger partial charge in [-0.25, -0.2) is 9.67 Å². The minimum absolute atomic E-state index is 0.0553. The second-order valence-corrected chi connectivity index (χ2v) is 5.96. The first kappa shape index (κ1) is 14.8. The molecule has 0 saturated carbocycles. The van der Waals surface area contributed by atoms with Crippen molar-refractivity contribution in [1.82, 2.24) is 14.8 Å². The Balaban J connectivity index is 2.04. The molecule has 0 unspecified atom stereocenters. The predicted octanol–water partition coefficient (Wildman–Crippen LogP) is 3.26. The molecule has 0 bridgehead atoms. The Hall–Kier alpha value is -1.14. The van der Waals surface area contributed by atoms with Crippen LogP contribution in [0, 0.1) is 0 Å². The van der Waals surface area contributed by atoms with E-state index in [1.54, 1.807) is 23.1 Å². The molecule has 1 aromatic carbocycles. The molecule has 1 aromatic heterocycles. The fourth-order valence-electron chi connectivity index (χ4n) is 2.43. The van der Waals surface area contributed by atoms with Crippen LogP contribution in [0.15, 0.2) is 30.9 Å². The molecule has 2 heterocycles. The highest BCUT2D eigenvalue weighted by atomic mass is 35.5. The van der Waals surface area contributed by atoms with Crippen molar-refractivity contribution in [1.29, 1.82) is 0 Å². The molecular formula is C14H15Cl2N3O2. The third kappa shape index (κ3) is 2.79. The summed E-state index contributed by atoms with van der Waals surface area (Å²) in [5.41, 5.74) is 0.736. The number of nitrogens with zero attached hydrogens (tertiary/aromatic N) is 3. The predicted molar refractivity (Wildman–Crippen MR) is 79.3 cm³/mol. The molecule has 1 fully saturated rings. The van der Waals surface area contributed by atoms with Crippen LogP contribution < -0.4 is 0 Å². The van der Waals surface area contributed by atoms with Crippen molar-refractivity contribution in [3.05, 3.63) is 46.5 Å². The van der Waals surface area contributed by atoms with Crippen LogP contribution in [0.1, 0.15) is 19.4 Å². The first-order valence-electron chi connectivity index (χ1n) is 6.64. The number of aromatic nitrogens is 3. The average molecular weight is 328 g/mol. The van der Waals surface area contributed by atoms with E-state index >= 15 is 0 Å². The van der Waals surface area contributed by atoms with Crippen LogP contribution in [0.4, 0.5) is 0 Å². The van der Waals surface area contributed by atoms with Crippen LogP contribution in [-0.2, 0) is 21.8 Å². The Morgan fingerprint density at radius 2 is 1.95 bits per heavy atom. The van der Waals surface area contributed by atoms with Gasteiger partial charge in [0, 0.05) is 10.6 Å². The highest BCUT2D eigenvalue weighted by molar-refractivity contribution is 6.35. The van der Waals surface area contributed by atoms with Gasteiger partial charge < -0.3 is 9.47 Å². The summed E-state index contributed by atoms with van der Waals surface area (Å²) < 4.78 is 13.9. The quantitative estimate of drug-likeness (QED) is 0.868. The van der Waals surface area contributed by atoms with E-state index < -0.39 is 5.79 Å². The van der Waals surface area contributed by atoms with Crippen LogP contribution in [-0.4, -0.2) is 27.0 Å². The van der Waals surface area contributed by atoms with E-state index in [2.05, 4.69) is 10.1 Å². The Bertz CT molecular complexity index is 623. The molecule has 1 saturated heterocycles. The molecule has 1 aliphatic rings. The van der Waals surface area contributed by atoms with Gasteiger partial charge in [0.25, 0.3) is 0 Å². The van der Waals surface area contributed by atoms with Crippen molar-refractivity contribution in [2.75, 3.05) is 0 Å². The second-order valence-electron chi connectivity index (χ2n) is 5.12. The van der Waals surface area contributed by atoms with E-state index in [1.165, 1.54) is 6.33 Å². The molecule has 0 N–H and O–H groups in total. The molecule has 0 amide bonds. The molecular weight excluding hydrogens is 313 g/mol. The molecule has 3 atom stereocenters. The number of rotatable bonds is 3. The van der Waals surface area contributed by atoms with Gasteiger partial charge in [-0.2, -0.15) is 5.10 Å². The highest BCUT2D eigenvalue weighted by Crippen LogP contribution is 2.42. The van der Waals surface area contributed by atoms with E-state index in [0.29, 0.717) is 16.6 Å². The first-order chi connectivity index (χ1) is 10.00. The smallest absolute Gasteiger partial charge is 0.217 e. The molecule has 0 radical (unpaired) electrons. The second kappa shape index (κ2) is 5.57. The Kier molecular flexibility index (Phi) is 3.92. The zero-order valence-corrected chi connectivity index (χ0v) is 13.2. The topological polar surface area (TPSA) is 49.2 Å². The Morgan fingerprint density at radius 3 is 2.52 bits per heavy atom. The number of ether oxygens (including phenoxy) is 2. The van der Waals surface area contributed by atoms with Gasteiger partial charge in [0.15, 0.2) is 0 Å². The number of benzene rings is 1. The van der Waals surface area contributed by atoms with Crippen LogP contribution >= 0.6 is 23.2 Å². The van der Waals surface area contributed by atoms with Crippen LogP contribution in [0.2, 0.25) is 10.0 Å². The number of halogens is 2. The van der Waals surface area contributed by atoms with E-state index in [-0.39, 0.29) is 12.2 Å².